The van der Waals surface area contributed by atoms with Gasteiger partial charge in [-0.1, -0.05) is 102 Å². The largest absolute Gasteiger partial charge is 0.369 e. The summed E-state index contributed by atoms with van der Waals surface area (Å²) in [6, 6.07) is 56.0. The molecule has 0 unspecified atom stereocenters. The highest BCUT2D eigenvalue weighted by molar-refractivity contribution is 5.85. The molecule has 4 aromatic carbocycles. The second-order valence-electron chi connectivity index (χ2n) is 25.6. The third-order valence-corrected chi connectivity index (χ3v) is 19.8. The third-order valence-electron chi connectivity index (χ3n) is 19.8. The first-order chi connectivity index (χ1) is 43.4. The molecule has 5 aliphatic heterocycles. The van der Waals surface area contributed by atoms with Crippen molar-refractivity contribution in [1.29, 1.82) is 0 Å². The van der Waals surface area contributed by atoms with Gasteiger partial charge in [0.05, 0.1) is 0 Å². The van der Waals surface area contributed by atoms with Gasteiger partial charge >= 0.3 is 0 Å². The molecule has 9 heterocycles. The van der Waals surface area contributed by atoms with Gasteiger partial charge in [-0.2, -0.15) is 0 Å². The van der Waals surface area contributed by atoms with Gasteiger partial charge in [-0.3, -0.25) is 19.6 Å². The topological polar surface area (TPSA) is 89.1 Å². The molecule has 12 heteroatoms. The van der Waals surface area contributed by atoms with Crippen molar-refractivity contribution in [2.75, 3.05) is 150 Å². The van der Waals surface area contributed by atoms with Crippen LogP contribution in [0.1, 0.15) is 124 Å². The number of rotatable bonds is 20. The monoisotopic (exact) mass is 1180 g/mol. The Hall–Kier alpha value is -7.48. The van der Waals surface area contributed by atoms with E-state index in [2.05, 4.69) is 232 Å². The van der Waals surface area contributed by atoms with Crippen molar-refractivity contribution in [3.8, 4) is 0 Å². The molecule has 8 bridgehead atoms. The van der Waals surface area contributed by atoms with Crippen LogP contribution in [0, 0.1) is 0 Å². The first-order valence-corrected chi connectivity index (χ1v) is 34.0. The fourth-order valence-corrected chi connectivity index (χ4v) is 14.4. The van der Waals surface area contributed by atoms with Crippen LogP contribution >= 0.6 is 0 Å². The molecule has 0 spiro atoms. The van der Waals surface area contributed by atoms with Crippen molar-refractivity contribution in [3.05, 3.63) is 212 Å². The average molecular weight is 1180 g/mol. The second-order valence-corrected chi connectivity index (χ2v) is 25.6. The molecule has 4 fully saturated rings. The molecular weight excluding hydrogens is 1080 g/mol. The number of H-pyrrole nitrogens is 4. The SMILES string of the molecule is CCCCN1CCN(c2ccc(C3=c4ccc([nH]4)=C(c4ccc(N5CCN(CCCC)CC5)cc4)c4ccc([nH]4)C(c4ccc(N5CCN(CCCC)CC5)cc4)=c4ccc([nH]4)=C(c4ccc(N5CCN(CCCC)CC5)cc4)c4ccc3[nH]4)cc2)CC1. The van der Waals surface area contributed by atoms with Gasteiger partial charge in [0.2, 0.25) is 0 Å². The Morgan fingerprint density at radius 2 is 0.443 bits per heavy atom. The summed E-state index contributed by atoms with van der Waals surface area (Å²) in [7, 11) is 0. The molecule has 88 heavy (non-hydrogen) atoms. The van der Waals surface area contributed by atoms with Gasteiger partial charge in [0.25, 0.3) is 0 Å². The van der Waals surface area contributed by atoms with Crippen LogP contribution in [0.25, 0.3) is 22.3 Å². The summed E-state index contributed by atoms with van der Waals surface area (Å²) in [5, 5.41) is 4.25. The van der Waals surface area contributed by atoms with E-state index in [1.165, 1.54) is 123 Å². The summed E-state index contributed by atoms with van der Waals surface area (Å²) in [5.74, 6) is 0. The second kappa shape index (κ2) is 27.9. The van der Waals surface area contributed by atoms with E-state index >= 15 is 0 Å². The summed E-state index contributed by atoms with van der Waals surface area (Å²) in [6.07, 6.45) is 10.0. The number of fused-ring (bicyclic) bond motifs is 8. The number of aromatic nitrogens is 4. The number of anilines is 4. The molecule has 0 amide bonds. The summed E-state index contributed by atoms with van der Waals surface area (Å²) >= 11 is 0. The van der Waals surface area contributed by atoms with E-state index in [0.29, 0.717) is 0 Å². The number of unbranched alkanes of at least 4 members (excludes halogenated alkanes) is 4. The lowest BCUT2D eigenvalue weighted by Gasteiger charge is -2.36. The van der Waals surface area contributed by atoms with Crippen molar-refractivity contribution >= 4 is 45.0 Å². The van der Waals surface area contributed by atoms with E-state index in [4.69, 9.17) is 0 Å². The van der Waals surface area contributed by atoms with Crippen LogP contribution in [-0.4, -0.2) is 170 Å². The van der Waals surface area contributed by atoms with Gasteiger partial charge in [0, 0.05) is 194 Å². The van der Waals surface area contributed by atoms with Gasteiger partial charge in [-0.15, -0.1) is 0 Å². The maximum absolute atomic E-state index is 4.09. The molecule has 0 atom stereocenters. The van der Waals surface area contributed by atoms with Crippen LogP contribution in [-0.2, 0) is 0 Å². The summed E-state index contributed by atoms with van der Waals surface area (Å²) < 4.78 is 0. The van der Waals surface area contributed by atoms with Gasteiger partial charge < -0.3 is 39.5 Å². The van der Waals surface area contributed by atoms with E-state index in [9.17, 15) is 0 Å². The number of nitrogens with zero attached hydrogens (tertiary/aromatic N) is 8. The zero-order valence-corrected chi connectivity index (χ0v) is 53.2. The first kappa shape index (κ1) is 59.5. The molecule has 0 aliphatic carbocycles. The van der Waals surface area contributed by atoms with E-state index in [0.717, 1.165) is 171 Å². The zero-order valence-electron chi connectivity index (χ0n) is 53.2. The number of piperazine rings is 4. The lowest BCUT2D eigenvalue weighted by atomic mass is 10.0. The van der Waals surface area contributed by atoms with Crippen molar-refractivity contribution < 1.29 is 0 Å². The highest BCUT2D eigenvalue weighted by Gasteiger charge is 2.24. The summed E-state index contributed by atoms with van der Waals surface area (Å²) in [6.45, 7) is 31.2. The summed E-state index contributed by atoms with van der Waals surface area (Å²) in [5.41, 5.74) is 18.6. The van der Waals surface area contributed by atoms with E-state index in [1.807, 2.05) is 0 Å². The molecule has 0 saturated carbocycles. The van der Waals surface area contributed by atoms with Crippen LogP contribution in [0.15, 0.2) is 146 Å². The van der Waals surface area contributed by atoms with E-state index in [1.54, 1.807) is 0 Å². The van der Waals surface area contributed by atoms with E-state index in [-0.39, 0.29) is 0 Å². The predicted octanol–water partition coefficient (Wildman–Crippen LogP) is 9.99. The van der Waals surface area contributed by atoms with Crippen LogP contribution in [0.3, 0.4) is 0 Å². The Labute approximate surface area is 523 Å². The minimum atomic E-state index is 1.05. The Kier molecular flexibility index (Phi) is 18.9. The standard InChI is InChI=1S/C76H96N12/c1-5-9-37-81-41-49-85(50-42-81)61-21-13-57(14-22-61)73-65-29-31-67(77-65)74(58-15-23-62(24-16-58)86-51-43-82(44-52-86)38-10-6-2)69-33-35-71(79-69)76(60-19-27-64(28-20-60)88-55-47-84(48-56-88)40-12-8-4)72-36-34-70(80-72)75(68-32-30-66(73)78-68)59-17-25-63(26-18-59)87-53-45-83(46-54-87)39-11-7-3/h13-36,77-80H,5-12,37-56H2,1-4H3. The number of benzene rings is 4. The highest BCUT2D eigenvalue weighted by Crippen LogP contribution is 2.32. The normalized spacial score (nSPS) is 17.7. The smallest absolute Gasteiger partial charge is 0.0485 e. The first-order valence-electron chi connectivity index (χ1n) is 34.0. The predicted molar refractivity (Wildman–Crippen MR) is 368 cm³/mol. The molecule has 4 N–H and O–H groups in total. The van der Waals surface area contributed by atoms with Crippen molar-refractivity contribution in [2.45, 2.75) is 79.1 Å². The average Bonchev–Trinajstić information content (AvgIpc) is 3.71. The molecular formula is C76H96N12. The van der Waals surface area contributed by atoms with Gasteiger partial charge in [0.1, 0.15) is 0 Å². The van der Waals surface area contributed by atoms with E-state index < -0.39 is 0 Å². The Bertz CT molecular complexity index is 3300. The molecule has 460 valence electrons. The fraction of sp³-hybridized carbons (Fsp3) is 0.421. The minimum absolute atomic E-state index is 1.05. The molecule has 5 aliphatic rings. The highest BCUT2D eigenvalue weighted by atomic mass is 15.3. The third kappa shape index (κ3) is 13.3. The van der Waals surface area contributed by atoms with Crippen LogP contribution in [0.2, 0.25) is 0 Å². The lowest BCUT2D eigenvalue weighted by Crippen LogP contribution is -2.46. The Morgan fingerprint density at radius 1 is 0.239 bits per heavy atom. The molecule has 4 aromatic heterocycles. The van der Waals surface area contributed by atoms with Crippen LogP contribution < -0.4 is 41.0 Å². The number of hydrogen-bond acceptors (Lipinski definition) is 8. The van der Waals surface area contributed by atoms with Gasteiger partial charge in [-0.25, -0.2) is 0 Å². The van der Waals surface area contributed by atoms with Crippen molar-refractivity contribution in [1.82, 2.24) is 39.5 Å². The summed E-state index contributed by atoms with van der Waals surface area (Å²) in [4.78, 5) is 37.2. The molecule has 0 radical (unpaired) electrons. The zero-order chi connectivity index (χ0) is 59.8. The minimum Gasteiger partial charge on any atom is -0.369 e. The number of hydrogen-bond donors (Lipinski definition) is 4. The Morgan fingerprint density at radius 3 is 0.636 bits per heavy atom. The van der Waals surface area contributed by atoms with Crippen molar-refractivity contribution in [2.24, 2.45) is 0 Å². The van der Waals surface area contributed by atoms with Crippen molar-refractivity contribution in [3.63, 3.8) is 0 Å². The molecule has 12 nitrogen and oxygen atoms in total. The lowest BCUT2D eigenvalue weighted by molar-refractivity contribution is 0.254. The van der Waals surface area contributed by atoms with Crippen LogP contribution in [0.5, 0.6) is 0 Å². The molecule has 4 saturated heterocycles. The van der Waals surface area contributed by atoms with Gasteiger partial charge in [0.15, 0.2) is 0 Å². The van der Waals surface area contributed by atoms with Gasteiger partial charge in [-0.05, 0) is 171 Å². The molecule has 13 rings (SSSR count). The number of nitrogens with one attached hydrogen (secondary N) is 4. The molecule has 8 aromatic rings. The Balaban J connectivity index is 0.942. The maximum Gasteiger partial charge on any atom is 0.0485 e. The number of aromatic amines is 4. The maximum atomic E-state index is 4.09. The quantitative estimate of drug-likeness (QED) is 0.0601. The van der Waals surface area contributed by atoms with Crippen LogP contribution in [0.4, 0.5) is 22.7 Å². The fourth-order valence-electron chi connectivity index (χ4n) is 14.4.